The van der Waals surface area contributed by atoms with Gasteiger partial charge in [0.15, 0.2) is 5.69 Å². The number of furan rings is 1. The number of nitrogens with zero attached hydrogens (tertiary/aromatic N) is 3. The van der Waals surface area contributed by atoms with Crippen LogP contribution in [0.15, 0.2) is 16.7 Å². The molecule has 7 heteroatoms. The van der Waals surface area contributed by atoms with Gasteiger partial charge >= 0.3 is 0 Å². The van der Waals surface area contributed by atoms with E-state index in [0.717, 1.165) is 18.7 Å². The Hall–Kier alpha value is -2.15. The summed E-state index contributed by atoms with van der Waals surface area (Å²) in [5, 5.41) is 21.2. The van der Waals surface area contributed by atoms with Crippen molar-refractivity contribution in [3.8, 4) is 0 Å². The van der Waals surface area contributed by atoms with E-state index in [4.69, 9.17) is 4.42 Å². The second-order valence-corrected chi connectivity index (χ2v) is 6.83. The molecule has 2 aromatic rings. The summed E-state index contributed by atoms with van der Waals surface area (Å²) in [4.78, 5) is 12.2. The van der Waals surface area contributed by atoms with E-state index in [1.165, 1.54) is 0 Å². The monoisotopic (exact) mass is 334 g/mol. The molecule has 7 nitrogen and oxygen atoms in total. The van der Waals surface area contributed by atoms with Gasteiger partial charge < -0.3 is 14.8 Å². The first-order valence-corrected chi connectivity index (χ1v) is 8.17. The van der Waals surface area contributed by atoms with E-state index in [-0.39, 0.29) is 18.1 Å². The highest BCUT2D eigenvalue weighted by Crippen LogP contribution is 2.26. The molecular weight excluding hydrogens is 308 g/mol. The molecule has 0 aliphatic heterocycles. The molecule has 0 spiro atoms. The Balaban J connectivity index is 1.96. The minimum Gasteiger partial charge on any atom is -0.466 e. The van der Waals surface area contributed by atoms with Crippen molar-refractivity contribution in [3.05, 3.63) is 35.0 Å². The quantitative estimate of drug-likeness (QED) is 0.809. The average molecular weight is 334 g/mol. The number of aryl methyl sites for hydroxylation is 3. The second-order valence-electron chi connectivity index (χ2n) is 6.83. The van der Waals surface area contributed by atoms with Crippen LogP contribution in [0.2, 0.25) is 0 Å². The molecule has 24 heavy (non-hydrogen) atoms. The fourth-order valence-electron chi connectivity index (χ4n) is 2.51. The van der Waals surface area contributed by atoms with Crippen molar-refractivity contribution in [2.75, 3.05) is 6.54 Å². The first-order valence-electron chi connectivity index (χ1n) is 8.17. The number of amides is 1. The molecule has 1 amide bonds. The van der Waals surface area contributed by atoms with Gasteiger partial charge in [-0.1, -0.05) is 19.1 Å². The van der Waals surface area contributed by atoms with Crippen LogP contribution in [0, 0.1) is 19.8 Å². The zero-order valence-corrected chi connectivity index (χ0v) is 15.0. The highest BCUT2D eigenvalue weighted by molar-refractivity contribution is 5.91. The Morgan fingerprint density at radius 1 is 1.46 bits per heavy atom. The lowest BCUT2D eigenvalue weighted by Gasteiger charge is -2.23. The fraction of sp³-hybridized carbons (Fsp3) is 0.588. The van der Waals surface area contributed by atoms with E-state index in [0.29, 0.717) is 17.2 Å². The minimum absolute atomic E-state index is 0.0600. The third kappa shape index (κ3) is 4.44. The second kappa shape index (κ2) is 7.17. The summed E-state index contributed by atoms with van der Waals surface area (Å²) < 4.78 is 7.11. The molecule has 1 atom stereocenters. The molecule has 2 heterocycles. The predicted molar refractivity (Wildman–Crippen MR) is 89.6 cm³/mol. The van der Waals surface area contributed by atoms with Crippen LogP contribution in [0.5, 0.6) is 0 Å². The third-order valence-corrected chi connectivity index (χ3v) is 3.92. The van der Waals surface area contributed by atoms with Crippen LogP contribution >= 0.6 is 0 Å². The molecule has 0 radical (unpaired) electrons. The Morgan fingerprint density at radius 2 is 2.17 bits per heavy atom. The molecule has 0 aromatic carbocycles. The zero-order chi connectivity index (χ0) is 17.9. The molecule has 0 bridgehead atoms. The van der Waals surface area contributed by atoms with Crippen molar-refractivity contribution in [2.24, 2.45) is 5.92 Å². The van der Waals surface area contributed by atoms with Crippen molar-refractivity contribution in [2.45, 2.75) is 53.2 Å². The standard InChI is InChI=1S/C17H26N4O3/c1-11(2)6-7-21-9-15(19-20-21)16(22)18-10-17(5,23)14-8-12(3)24-13(14)4/h8-9,11,23H,6-7,10H2,1-5H3,(H,18,22). The molecule has 2 aromatic heterocycles. The van der Waals surface area contributed by atoms with Gasteiger partial charge in [-0.2, -0.15) is 0 Å². The Kier molecular flexibility index (Phi) is 5.43. The number of carbonyl (C=O) groups is 1. The van der Waals surface area contributed by atoms with E-state index in [9.17, 15) is 9.90 Å². The lowest BCUT2D eigenvalue weighted by molar-refractivity contribution is 0.0512. The maximum atomic E-state index is 12.2. The summed E-state index contributed by atoms with van der Waals surface area (Å²) in [6, 6.07) is 1.78. The maximum absolute atomic E-state index is 12.2. The van der Waals surface area contributed by atoms with Gasteiger partial charge in [-0.15, -0.1) is 5.10 Å². The highest BCUT2D eigenvalue weighted by atomic mass is 16.3. The fourth-order valence-corrected chi connectivity index (χ4v) is 2.51. The summed E-state index contributed by atoms with van der Waals surface area (Å²) >= 11 is 0. The first-order chi connectivity index (χ1) is 11.2. The molecule has 1 unspecified atom stereocenters. The van der Waals surface area contributed by atoms with Crippen LogP contribution in [-0.4, -0.2) is 32.6 Å². The predicted octanol–water partition coefficient (Wildman–Crippen LogP) is 2.17. The number of hydrogen-bond donors (Lipinski definition) is 2. The van der Waals surface area contributed by atoms with Gasteiger partial charge in [0.05, 0.1) is 12.7 Å². The van der Waals surface area contributed by atoms with Crippen molar-refractivity contribution < 1.29 is 14.3 Å². The molecule has 0 fully saturated rings. The first kappa shape index (κ1) is 18.2. The van der Waals surface area contributed by atoms with Gasteiger partial charge in [-0.3, -0.25) is 9.48 Å². The topological polar surface area (TPSA) is 93.2 Å². The van der Waals surface area contributed by atoms with E-state index in [1.807, 2.05) is 6.92 Å². The van der Waals surface area contributed by atoms with Gasteiger partial charge in [-0.05, 0) is 39.2 Å². The van der Waals surface area contributed by atoms with Crippen LogP contribution in [0.25, 0.3) is 0 Å². The van der Waals surface area contributed by atoms with Crippen molar-refractivity contribution >= 4 is 5.91 Å². The SMILES string of the molecule is Cc1cc(C(C)(O)CNC(=O)c2cn(CCC(C)C)nn2)c(C)o1. The summed E-state index contributed by atoms with van der Waals surface area (Å²) in [5.41, 5.74) is -0.305. The van der Waals surface area contributed by atoms with Gasteiger partial charge in [0.25, 0.3) is 5.91 Å². The molecule has 0 saturated heterocycles. The Labute approximate surface area is 142 Å². The smallest absolute Gasteiger partial charge is 0.273 e. The summed E-state index contributed by atoms with van der Waals surface area (Å²) in [6.07, 6.45) is 2.60. The van der Waals surface area contributed by atoms with Crippen LogP contribution in [-0.2, 0) is 12.1 Å². The van der Waals surface area contributed by atoms with Gasteiger partial charge in [0.1, 0.15) is 17.1 Å². The van der Waals surface area contributed by atoms with Crippen LogP contribution in [0.3, 0.4) is 0 Å². The molecule has 0 aliphatic rings. The zero-order valence-electron chi connectivity index (χ0n) is 15.0. The molecule has 0 aliphatic carbocycles. The van der Waals surface area contributed by atoms with Gasteiger partial charge in [0.2, 0.25) is 0 Å². The number of carbonyl (C=O) groups excluding carboxylic acids is 1. The highest BCUT2D eigenvalue weighted by Gasteiger charge is 2.28. The summed E-state index contributed by atoms with van der Waals surface area (Å²) in [6.45, 7) is 10.3. The van der Waals surface area contributed by atoms with E-state index >= 15 is 0 Å². The number of aromatic nitrogens is 3. The van der Waals surface area contributed by atoms with Crippen LogP contribution in [0.4, 0.5) is 0 Å². The Morgan fingerprint density at radius 3 is 2.75 bits per heavy atom. The lowest BCUT2D eigenvalue weighted by atomic mass is 9.96. The molecular formula is C17H26N4O3. The average Bonchev–Trinajstić information content (AvgIpc) is 3.09. The summed E-state index contributed by atoms with van der Waals surface area (Å²) in [7, 11) is 0. The third-order valence-electron chi connectivity index (χ3n) is 3.92. The minimum atomic E-state index is -1.22. The lowest BCUT2D eigenvalue weighted by Crippen LogP contribution is -2.38. The largest absolute Gasteiger partial charge is 0.466 e. The number of rotatable bonds is 7. The van der Waals surface area contributed by atoms with Crippen molar-refractivity contribution in [1.82, 2.24) is 20.3 Å². The van der Waals surface area contributed by atoms with Crippen LogP contribution < -0.4 is 5.32 Å². The summed E-state index contributed by atoms with van der Waals surface area (Å²) in [5.74, 6) is 1.57. The van der Waals surface area contributed by atoms with Crippen LogP contribution in [0.1, 0.15) is 54.8 Å². The molecule has 2 N–H and O–H groups in total. The normalized spacial score (nSPS) is 14.0. The molecule has 132 valence electrons. The molecule has 0 saturated carbocycles. The number of nitrogens with one attached hydrogen (secondary N) is 1. The van der Waals surface area contributed by atoms with Crippen molar-refractivity contribution in [1.29, 1.82) is 0 Å². The maximum Gasteiger partial charge on any atom is 0.273 e. The van der Waals surface area contributed by atoms with Crippen molar-refractivity contribution in [3.63, 3.8) is 0 Å². The number of hydrogen-bond acceptors (Lipinski definition) is 5. The van der Waals surface area contributed by atoms with E-state index in [1.54, 1.807) is 30.8 Å². The Bertz CT molecular complexity index is 701. The van der Waals surface area contributed by atoms with E-state index in [2.05, 4.69) is 29.5 Å². The molecule has 2 rings (SSSR count). The van der Waals surface area contributed by atoms with Gasteiger partial charge in [-0.25, -0.2) is 0 Å². The van der Waals surface area contributed by atoms with Gasteiger partial charge in [0, 0.05) is 12.1 Å². The number of aliphatic hydroxyl groups is 1. The van der Waals surface area contributed by atoms with E-state index < -0.39 is 5.60 Å².